The van der Waals surface area contributed by atoms with E-state index in [0.29, 0.717) is 27.7 Å². The van der Waals surface area contributed by atoms with Crippen LogP contribution < -0.4 is 15.5 Å². The van der Waals surface area contributed by atoms with Gasteiger partial charge in [0.2, 0.25) is 5.91 Å². The number of ether oxygens (including phenoxy) is 1. The summed E-state index contributed by atoms with van der Waals surface area (Å²) in [6.07, 6.45) is 0. The Labute approximate surface area is 212 Å². The molecular formula is C28H19ClN4O3. The number of esters is 1. The van der Waals surface area contributed by atoms with Gasteiger partial charge in [-0.3, -0.25) is 9.69 Å². The molecule has 0 aliphatic carbocycles. The highest BCUT2D eigenvalue weighted by Gasteiger charge is 2.63. The standard InChI is InChI=1S/C28H19ClN4O3/c29-18-9-6-10-19(13-18)33-23-16-36-26(34)24(23)28(21(14-30)25(33)31)20-11-4-5-12-22(20)32(27(28)35)15-17-7-2-1-3-8-17/h1-13H,15-16,31H2/t28-/m0/s1. The highest BCUT2D eigenvalue weighted by molar-refractivity contribution is 6.30. The zero-order valence-electron chi connectivity index (χ0n) is 18.9. The van der Waals surface area contributed by atoms with Gasteiger partial charge in [0.25, 0.3) is 0 Å². The van der Waals surface area contributed by atoms with Crippen LogP contribution in [0, 0.1) is 11.3 Å². The maximum Gasteiger partial charge on any atom is 0.338 e. The number of fused-ring (bicyclic) bond motifs is 3. The number of nitrogens with two attached hydrogens (primary N) is 1. The molecule has 0 saturated carbocycles. The summed E-state index contributed by atoms with van der Waals surface area (Å²) in [4.78, 5) is 31.0. The summed E-state index contributed by atoms with van der Waals surface area (Å²) in [6, 6.07) is 25.8. The number of amides is 1. The van der Waals surface area contributed by atoms with Crippen molar-refractivity contribution in [3.05, 3.63) is 118 Å². The third kappa shape index (κ3) is 2.85. The number of hydrogen-bond acceptors (Lipinski definition) is 6. The molecule has 3 aliphatic heterocycles. The van der Waals surface area contributed by atoms with E-state index in [1.54, 1.807) is 46.2 Å². The molecule has 3 aromatic rings. The SMILES string of the molecule is N#CC1=C(N)N(c2cccc(Cl)c2)C2=C(C(=O)OC2)[C@@]12C(=O)N(Cc1ccccc1)c1ccccc12. The van der Waals surface area contributed by atoms with Crippen LogP contribution in [0.15, 0.2) is 102 Å². The molecule has 0 bridgehead atoms. The van der Waals surface area contributed by atoms with Crippen molar-refractivity contribution in [3.63, 3.8) is 0 Å². The minimum Gasteiger partial charge on any atom is -0.456 e. The Hall–Kier alpha value is -4.54. The Bertz CT molecular complexity index is 1560. The molecule has 0 unspecified atom stereocenters. The first-order chi connectivity index (χ1) is 17.5. The van der Waals surface area contributed by atoms with Crippen molar-refractivity contribution in [2.45, 2.75) is 12.0 Å². The van der Waals surface area contributed by atoms with Gasteiger partial charge in [0.1, 0.15) is 23.9 Å². The van der Waals surface area contributed by atoms with Gasteiger partial charge in [-0.1, -0.05) is 66.2 Å². The molecule has 8 heteroatoms. The lowest BCUT2D eigenvalue weighted by Gasteiger charge is -2.38. The molecule has 0 radical (unpaired) electrons. The Balaban J connectivity index is 1.63. The molecule has 1 amide bonds. The van der Waals surface area contributed by atoms with Gasteiger partial charge < -0.3 is 15.4 Å². The van der Waals surface area contributed by atoms with Crippen LogP contribution in [0.2, 0.25) is 5.02 Å². The summed E-state index contributed by atoms with van der Waals surface area (Å²) in [5.41, 5.74) is 8.09. The van der Waals surface area contributed by atoms with E-state index >= 15 is 0 Å². The zero-order chi connectivity index (χ0) is 25.0. The quantitative estimate of drug-likeness (QED) is 0.549. The third-order valence-corrected chi connectivity index (χ3v) is 7.11. The van der Waals surface area contributed by atoms with Gasteiger partial charge >= 0.3 is 5.97 Å². The summed E-state index contributed by atoms with van der Waals surface area (Å²) in [7, 11) is 0. The number of anilines is 2. The molecule has 3 aliphatic rings. The van der Waals surface area contributed by atoms with E-state index in [1.165, 1.54) is 0 Å². The van der Waals surface area contributed by atoms with Crippen LogP contribution in [0.1, 0.15) is 11.1 Å². The Morgan fingerprint density at radius 2 is 1.78 bits per heavy atom. The van der Waals surface area contributed by atoms with Gasteiger partial charge in [-0.05, 0) is 29.8 Å². The van der Waals surface area contributed by atoms with Crippen molar-refractivity contribution in [3.8, 4) is 6.07 Å². The molecule has 1 atom stereocenters. The van der Waals surface area contributed by atoms with E-state index in [4.69, 9.17) is 22.1 Å². The monoisotopic (exact) mass is 494 g/mol. The highest BCUT2D eigenvalue weighted by Crippen LogP contribution is 2.56. The van der Waals surface area contributed by atoms with Crippen LogP contribution in [0.25, 0.3) is 0 Å². The van der Waals surface area contributed by atoms with E-state index in [9.17, 15) is 14.9 Å². The number of benzene rings is 3. The first-order valence-electron chi connectivity index (χ1n) is 11.3. The number of para-hydroxylation sites is 1. The lowest BCUT2D eigenvalue weighted by molar-refractivity contribution is -0.137. The number of carbonyl (C=O) groups is 2. The molecule has 0 aromatic heterocycles. The molecule has 1 spiro atoms. The minimum absolute atomic E-state index is 0.0203. The molecule has 6 rings (SSSR count). The topological polar surface area (TPSA) is 99.7 Å². The van der Waals surface area contributed by atoms with Crippen molar-refractivity contribution >= 4 is 34.9 Å². The Morgan fingerprint density at radius 1 is 1.03 bits per heavy atom. The van der Waals surface area contributed by atoms with Gasteiger partial charge in [-0.25, -0.2) is 4.79 Å². The molecule has 0 fully saturated rings. The van der Waals surface area contributed by atoms with Crippen molar-refractivity contribution in [1.82, 2.24) is 0 Å². The van der Waals surface area contributed by atoms with E-state index in [1.807, 2.05) is 42.5 Å². The molecule has 3 heterocycles. The van der Waals surface area contributed by atoms with E-state index in [2.05, 4.69) is 6.07 Å². The van der Waals surface area contributed by atoms with Crippen LogP contribution in [0.3, 0.4) is 0 Å². The predicted octanol–water partition coefficient (Wildman–Crippen LogP) is 4.15. The number of cyclic esters (lactones) is 1. The maximum atomic E-state index is 14.4. The second-order valence-electron chi connectivity index (χ2n) is 8.73. The summed E-state index contributed by atoms with van der Waals surface area (Å²) in [6.45, 7) is 0.183. The zero-order valence-corrected chi connectivity index (χ0v) is 19.7. The van der Waals surface area contributed by atoms with Crippen molar-refractivity contribution < 1.29 is 14.3 Å². The number of carbonyl (C=O) groups excluding carboxylic acids is 2. The number of nitriles is 1. The largest absolute Gasteiger partial charge is 0.456 e. The molecule has 3 aromatic carbocycles. The first-order valence-corrected chi connectivity index (χ1v) is 11.7. The molecule has 176 valence electrons. The fourth-order valence-electron chi connectivity index (χ4n) is 5.43. The van der Waals surface area contributed by atoms with Crippen molar-refractivity contribution in [2.75, 3.05) is 16.4 Å². The normalized spacial score (nSPS) is 20.6. The second kappa shape index (κ2) is 8.01. The predicted molar refractivity (Wildman–Crippen MR) is 134 cm³/mol. The van der Waals surface area contributed by atoms with Crippen molar-refractivity contribution in [2.24, 2.45) is 5.73 Å². The molecule has 2 N–H and O–H groups in total. The van der Waals surface area contributed by atoms with Crippen LogP contribution >= 0.6 is 11.6 Å². The van der Waals surface area contributed by atoms with E-state index in [-0.39, 0.29) is 30.1 Å². The summed E-state index contributed by atoms with van der Waals surface area (Å²) in [5, 5.41) is 10.9. The number of nitrogens with zero attached hydrogens (tertiary/aromatic N) is 3. The summed E-state index contributed by atoms with van der Waals surface area (Å²) >= 11 is 6.24. The highest BCUT2D eigenvalue weighted by atomic mass is 35.5. The Kier molecular flexibility index (Phi) is 4.88. The summed E-state index contributed by atoms with van der Waals surface area (Å²) < 4.78 is 5.48. The van der Waals surface area contributed by atoms with Crippen LogP contribution in [-0.4, -0.2) is 18.5 Å². The van der Waals surface area contributed by atoms with Crippen LogP contribution in [0.5, 0.6) is 0 Å². The molecular weight excluding hydrogens is 476 g/mol. The van der Waals surface area contributed by atoms with Gasteiger partial charge in [0.15, 0.2) is 0 Å². The minimum atomic E-state index is -1.71. The first kappa shape index (κ1) is 22.0. The smallest absolute Gasteiger partial charge is 0.338 e. The third-order valence-electron chi connectivity index (χ3n) is 6.88. The fraction of sp³-hybridized carbons (Fsp3) is 0.107. The van der Waals surface area contributed by atoms with E-state index in [0.717, 1.165) is 5.56 Å². The second-order valence-corrected chi connectivity index (χ2v) is 9.17. The van der Waals surface area contributed by atoms with Gasteiger partial charge in [-0.2, -0.15) is 5.26 Å². The molecule has 0 saturated heterocycles. The van der Waals surface area contributed by atoms with Gasteiger partial charge in [0.05, 0.1) is 23.4 Å². The molecule has 7 nitrogen and oxygen atoms in total. The van der Waals surface area contributed by atoms with Gasteiger partial charge in [-0.15, -0.1) is 0 Å². The van der Waals surface area contributed by atoms with Crippen molar-refractivity contribution in [1.29, 1.82) is 5.26 Å². The summed E-state index contributed by atoms with van der Waals surface area (Å²) in [5.74, 6) is -1.01. The molecule has 36 heavy (non-hydrogen) atoms. The van der Waals surface area contributed by atoms with E-state index < -0.39 is 17.3 Å². The van der Waals surface area contributed by atoms with Crippen LogP contribution in [-0.2, 0) is 26.3 Å². The Morgan fingerprint density at radius 3 is 2.53 bits per heavy atom. The number of halogens is 1. The lowest BCUT2D eigenvalue weighted by atomic mass is 9.67. The number of rotatable bonds is 3. The lowest BCUT2D eigenvalue weighted by Crippen LogP contribution is -2.50. The average molecular weight is 495 g/mol. The fourth-order valence-corrected chi connectivity index (χ4v) is 5.61. The number of hydrogen-bond donors (Lipinski definition) is 1. The average Bonchev–Trinajstić information content (AvgIpc) is 3.37. The van der Waals surface area contributed by atoms with Crippen LogP contribution in [0.4, 0.5) is 11.4 Å². The maximum absolute atomic E-state index is 14.4. The van der Waals surface area contributed by atoms with Gasteiger partial charge in [0, 0.05) is 22.0 Å².